The summed E-state index contributed by atoms with van der Waals surface area (Å²) in [6.45, 7) is 2.50. The van der Waals surface area contributed by atoms with Crippen molar-refractivity contribution < 1.29 is 14.6 Å². The molecule has 0 unspecified atom stereocenters. The number of nitrogens with one attached hydrogen (secondary N) is 2. The Bertz CT molecular complexity index is 550. The van der Waals surface area contributed by atoms with Gasteiger partial charge in [-0.25, -0.2) is 0 Å². The number of amides is 1. The van der Waals surface area contributed by atoms with Gasteiger partial charge in [0.25, 0.3) is 5.91 Å². The van der Waals surface area contributed by atoms with Crippen LogP contribution in [0.3, 0.4) is 0 Å². The number of ether oxygens (including phenoxy) is 1. The van der Waals surface area contributed by atoms with E-state index >= 15 is 0 Å². The van der Waals surface area contributed by atoms with Crippen LogP contribution in [0, 0.1) is 5.92 Å². The van der Waals surface area contributed by atoms with Crippen LogP contribution < -0.4 is 15.4 Å². The Morgan fingerprint density at radius 3 is 3.19 bits per heavy atom. The molecule has 1 aromatic carbocycles. The van der Waals surface area contributed by atoms with Crippen LogP contribution in [0.2, 0.25) is 5.02 Å². The minimum absolute atomic E-state index is 0.0864. The van der Waals surface area contributed by atoms with Gasteiger partial charge in [-0.15, -0.1) is 0 Å². The lowest BCUT2D eigenvalue weighted by Crippen LogP contribution is -2.45. The molecule has 3 N–H and O–H groups in total. The number of rotatable bonds is 3. The van der Waals surface area contributed by atoms with Gasteiger partial charge in [-0.3, -0.25) is 4.79 Å². The predicted octanol–water partition coefficient (Wildman–Crippen LogP) is 0.975. The van der Waals surface area contributed by atoms with E-state index in [9.17, 15) is 9.90 Å². The van der Waals surface area contributed by atoms with Crippen molar-refractivity contribution in [1.82, 2.24) is 10.6 Å². The number of piperidine rings is 1. The zero-order valence-electron chi connectivity index (χ0n) is 11.7. The van der Waals surface area contributed by atoms with Gasteiger partial charge in [-0.1, -0.05) is 11.6 Å². The topological polar surface area (TPSA) is 70.6 Å². The van der Waals surface area contributed by atoms with E-state index in [1.165, 1.54) is 0 Å². The summed E-state index contributed by atoms with van der Waals surface area (Å²) in [5.41, 5.74) is 1.47. The fourth-order valence-corrected chi connectivity index (χ4v) is 3.13. The Kier molecular flexibility index (Phi) is 4.33. The summed E-state index contributed by atoms with van der Waals surface area (Å²) >= 11 is 6.06. The molecule has 0 bridgehead atoms. The summed E-state index contributed by atoms with van der Waals surface area (Å²) in [5.74, 6) is 0.535. The number of aliphatic hydroxyl groups excluding tert-OH is 1. The van der Waals surface area contributed by atoms with Crippen LogP contribution in [0.15, 0.2) is 12.1 Å². The molecule has 1 amide bonds. The highest BCUT2D eigenvalue weighted by atomic mass is 35.5. The second-order valence-electron chi connectivity index (χ2n) is 5.57. The summed E-state index contributed by atoms with van der Waals surface area (Å²) in [5, 5.41) is 16.5. The maximum Gasteiger partial charge on any atom is 0.255 e. The average molecular weight is 311 g/mol. The van der Waals surface area contributed by atoms with E-state index < -0.39 is 6.10 Å². The molecule has 1 aromatic rings. The standard InChI is InChI=1S/C15H19ClN2O3/c16-11-5-9-2-4-21-14(9)12(6-11)15(20)18-7-10-1-3-17-8-13(10)19/h5-6,10,13,17,19H,1-4,7-8H2,(H,18,20)/t10-,13-/m1/s1. The number of fused-ring (bicyclic) bond motifs is 1. The highest BCUT2D eigenvalue weighted by Crippen LogP contribution is 2.32. The number of halogens is 1. The van der Waals surface area contributed by atoms with Crippen LogP contribution in [0.1, 0.15) is 22.3 Å². The van der Waals surface area contributed by atoms with Crippen molar-refractivity contribution in [3.63, 3.8) is 0 Å². The molecule has 114 valence electrons. The number of carbonyl (C=O) groups is 1. The fourth-order valence-electron chi connectivity index (χ4n) is 2.89. The lowest BCUT2D eigenvalue weighted by Gasteiger charge is -2.28. The van der Waals surface area contributed by atoms with Gasteiger partial charge >= 0.3 is 0 Å². The number of hydrogen-bond donors (Lipinski definition) is 3. The van der Waals surface area contributed by atoms with Gasteiger partial charge in [0.1, 0.15) is 5.75 Å². The summed E-state index contributed by atoms with van der Waals surface area (Å²) in [6, 6.07) is 3.48. The molecule has 0 aliphatic carbocycles. The normalized spacial score (nSPS) is 24.3. The third kappa shape index (κ3) is 3.15. The summed E-state index contributed by atoms with van der Waals surface area (Å²) in [7, 11) is 0. The highest BCUT2D eigenvalue weighted by molar-refractivity contribution is 6.31. The van der Waals surface area contributed by atoms with Crippen molar-refractivity contribution in [2.45, 2.75) is 18.9 Å². The average Bonchev–Trinajstić information content (AvgIpc) is 2.93. The first kappa shape index (κ1) is 14.6. The molecule has 1 fully saturated rings. The zero-order chi connectivity index (χ0) is 14.8. The molecule has 3 rings (SSSR count). The summed E-state index contributed by atoms with van der Waals surface area (Å²) in [4.78, 5) is 12.4. The third-order valence-corrected chi connectivity index (χ3v) is 4.33. The second-order valence-corrected chi connectivity index (χ2v) is 6.01. The van der Waals surface area contributed by atoms with Gasteiger partial charge in [-0.05, 0) is 30.7 Å². The molecule has 2 aliphatic heterocycles. The van der Waals surface area contributed by atoms with E-state index in [0.29, 0.717) is 36.0 Å². The molecule has 2 atom stereocenters. The third-order valence-electron chi connectivity index (χ3n) is 4.11. The maximum atomic E-state index is 12.4. The Morgan fingerprint density at radius 1 is 1.52 bits per heavy atom. The lowest BCUT2D eigenvalue weighted by atomic mass is 9.95. The van der Waals surface area contributed by atoms with Crippen LogP contribution in [-0.2, 0) is 6.42 Å². The number of hydrogen-bond acceptors (Lipinski definition) is 4. The van der Waals surface area contributed by atoms with Crippen molar-refractivity contribution in [1.29, 1.82) is 0 Å². The van der Waals surface area contributed by atoms with Crippen molar-refractivity contribution in [2.75, 3.05) is 26.2 Å². The Balaban J connectivity index is 1.68. The Hall–Kier alpha value is -1.30. The number of aliphatic hydroxyl groups is 1. The van der Waals surface area contributed by atoms with E-state index in [4.69, 9.17) is 16.3 Å². The number of β-amino-alcohol motifs (C(OH)–C–C–N with tert-alkyl or cyclic N) is 1. The smallest absolute Gasteiger partial charge is 0.255 e. The minimum Gasteiger partial charge on any atom is -0.492 e. The summed E-state index contributed by atoms with van der Waals surface area (Å²) < 4.78 is 5.54. The first-order chi connectivity index (χ1) is 10.1. The van der Waals surface area contributed by atoms with Crippen molar-refractivity contribution in [2.24, 2.45) is 5.92 Å². The first-order valence-corrected chi connectivity index (χ1v) is 7.65. The molecule has 6 heteroatoms. The van der Waals surface area contributed by atoms with E-state index in [0.717, 1.165) is 24.9 Å². The summed E-state index contributed by atoms with van der Waals surface area (Å²) in [6.07, 6.45) is 1.22. The largest absolute Gasteiger partial charge is 0.492 e. The molecule has 5 nitrogen and oxygen atoms in total. The van der Waals surface area contributed by atoms with Crippen LogP contribution in [0.4, 0.5) is 0 Å². The van der Waals surface area contributed by atoms with Gasteiger partial charge in [-0.2, -0.15) is 0 Å². The first-order valence-electron chi connectivity index (χ1n) is 7.27. The van der Waals surface area contributed by atoms with E-state index in [1.807, 2.05) is 6.07 Å². The van der Waals surface area contributed by atoms with Crippen molar-refractivity contribution >= 4 is 17.5 Å². The Labute approximate surface area is 128 Å². The molecule has 0 spiro atoms. The predicted molar refractivity (Wildman–Crippen MR) is 80.0 cm³/mol. The quantitative estimate of drug-likeness (QED) is 0.778. The van der Waals surface area contributed by atoms with E-state index in [1.54, 1.807) is 6.07 Å². The molecule has 2 heterocycles. The molecule has 0 radical (unpaired) electrons. The van der Waals surface area contributed by atoms with Crippen molar-refractivity contribution in [3.05, 3.63) is 28.3 Å². The minimum atomic E-state index is -0.416. The van der Waals surface area contributed by atoms with E-state index in [-0.39, 0.29) is 11.8 Å². The molecule has 1 saturated heterocycles. The molecular weight excluding hydrogens is 292 g/mol. The maximum absolute atomic E-state index is 12.4. The monoisotopic (exact) mass is 310 g/mol. The van der Waals surface area contributed by atoms with Crippen LogP contribution >= 0.6 is 11.6 Å². The van der Waals surface area contributed by atoms with Gasteiger partial charge in [0.2, 0.25) is 0 Å². The SMILES string of the molecule is O=C(NC[C@H]1CCNC[C@H]1O)c1cc(Cl)cc2c1OCC2. The molecule has 21 heavy (non-hydrogen) atoms. The highest BCUT2D eigenvalue weighted by Gasteiger charge is 2.25. The molecular formula is C15H19ClN2O3. The number of carbonyl (C=O) groups excluding carboxylic acids is 1. The van der Waals surface area contributed by atoms with Gasteiger partial charge in [0.15, 0.2) is 0 Å². The molecule has 0 aromatic heterocycles. The number of benzene rings is 1. The van der Waals surface area contributed by atoms with Gasteiger partial charge < -0.3 is 20.5 Å². The van der Waals surface area contributed by atoms with Crippen molar-refractivity contribution in [3.8, 4) is 5.75 Å². The van der Waals surface area contributed by atoms with Gasteiger partial charge in [0.05, 0.1) is 18.3 Å². The van der Waals surface area contributed by atoms with Crippen LogP contribution in [0.5, 0.6) is 5.75 Å². The zero-order valence-corrected chi connectivity index (χ0v) is 12.4. The van der Waals surface area contributed by atoms with Crippen LogP contribution in [-0.4, -0.2) is 43.4 Å². The van der Waals surface area contributed by atoms with Crippen LogP contribution in [0.25, 0.3) is 0 Å². The lowest BCUT2D eigenvalue weighted by molar-refractivity contribution is 0.0752. The molecule has 0 saturated carbocycles. The second kappa shape index (κ2) is 6.22. The molecule has 2 aliphatic rings. The van der Waals surface area contributed by atoms with E-state index in [2.05, 4.69) is 10.6 Å². The fraction of sp³-hybridized carbons (Fsp3) is 0.533. The Morgan fingerprint density at radius 2 is 2.38 bits per heavy atom. The van der Waals surface area contributed by atoms with Gasteiger partial charge in [0, 0.05) is 30.5 Å².